The van der Waals surface area contributed by atoms with Crippen molar-refractivity contribution in [2.24, 2.45) is 0 Å². The van der Waals surface area contributed by atoms with Gasteiger partial charge in [0, 0.05) is 19.2 Å². The summed E-state index contributed by atoms with van der Waals surface area (Å²) in [4.78, 5) is 13.1. The molecule has 2 nitrogen and oxygen atoms in total. The second kappa shape index (κ2) is 6.19. The molecule has 0 saturated heterocycles. The lowest BCUT2D eigenvalue weighted by Crippen LogP contribution is -2.31. The van der Waals surface area contributed by atoms with Gasteiger partial charge in [0.05, 0.1) is 0 Å². The van der Waals surface area contributed by atoms with E-state index in [1.165, 1.54) is 11.1 Å². The summed E-state index contributed by atoms with van der Waals surface area (Å²) in [6.45, 7) is 2.05. The number of anilines is 1. The molecule has 0 aliphatic carbocycles. The summed E-state index contributed by atoms with van der Waals surface area (Å²) in [7, 11) is 1.85. The molecule has 0 saturated carbocycles. The summed E-state index contributed by atoms with van der Waals surface area (Å²) in [5, 5.41) is 0. The van der Waals surface area contributed by atoms with Gasteiger partial charge < -0.3 is 4.90 Å². The highest BCUT2D eigenvalue weighted by molar-refractivity contribution is 5.95. The second-order valence-corrected chi connectivity index (χ2v) is 4.74. The molecule has 0 N–H and O–H groups in total. The molecule has 1 aliphatic rings. The van der Waals surface area contributed by atoms with E-state index in [2.05, 4.69) is 18.2 Å². The molecule has 0 bridgehead atoms. The van der Waals surface area contributed by atoms with E-state index in [9.17, 15) is 4.79 Å². The van der Waals surface area contributed by atoms with Gasteiger partial charge >= 0.3 is 0 Å². The fourth-order valence-electron chi connectivity index (χ4n) is 2.13. The van der Waals surface area contributed by atoms with E-state index in [-0.39, 0.29) is 5.91 Å². The van der Waals surface area contributed by atoms with Gasteiger partial charge in [0.1, 0.15) is 0 Å². The third-order valence-electron chi connectivity index (χ3n) is 3.25. The quantitative estimate of drug-likeness (QED) is 0.702. The van der Waals surface area contributed by atoms with Crippen LogP contribution in [0.2, 0.25) is 0 Å². The van der Waals surface area contributed by atoms with Crippen molar-refractivity contribution < 1.29 is 4.79 Å². The Balaban J connectivity index is 0.000000186. The van der Waals surface area contributed by atoms with Crippen molar-refractivity contribution in [3.05, 3.63) is 65.7 Å². The highest BCUT2D eigenvalue weighted by Crippen LogP contribution is 2.27. The molecule has 1 amide bonds. The summed E-state index contributed by atoms with van der Waals surface area (Å²) in [5.74, 6) is 0.220. The molecule has 1 heterocycles. The van der Waals surface area contributed by atoms with Gasteiger partial charge in [-0.05, 0) is 30.5 Å². The van der Waals surface area contributed by atoms with Gasteiger partial charge in [-0.2, -0.15) is 0 Å². The number of hydrogen-bond acceptors (Lipinski definition) is 1. The van der Waals surface area contributed by atoms with Crippen LogP contribution in [-0.2, 0) is 11.2 Å². The topological polar surface area (TPSA) is 20.3 Å². The third kappa shape index (κ3) is 3.44. The molecule has 3 rings (SSSR count). The first-order chi connectivity index (χ1) is 9.18. The van der Waals surface area contributed by atoms with Crippen LogP contribution >= 0.6 is 0 Å². The third-order valence-corrected chi connectivity index (χ3v) is 3.25. The zero-order valence-electron chi connectivity index (χ0n) is 11.5. The molecule has 0 aromatic heterocycles. The van der Waals surface area contributed by atoms with Gasteiger partial charge in [-0.25, -0.2) is 0 Å². The number of rotatable bonds is 0. The average Bonchev–Trinajstić information content (AvgIpc) is 2.46. The van der Waals surface area contributed by atoms with Crippen molar-refractivity contribution in [3.63, 3.8) is 0 Å². The normalized spacial score (nSPS) is 13.4. The minimum atomic E-state index is 0.220. The van der Waals surface area contributed by atoms with Crippen LogP contribution in [0.3, 0.4) is 0 Å². The van der Waals surface area contributed by atoms with Crippen LogP contribution < -0.4 is 4.90 Å². The first-order valence-electron chi connectivity index (χ1n) is 6.54. The van der Waals surface area contributed by atoms with Gasteiger partial charge in [0.2, 0.25) is 5.91 Å². The number of nitrogens with zero attached hydrogens (tertiary/aromatic N) is 1. The minimum Gasteiger partial charge on any atom is -0.315 e. The summed E-state index contributed by atoms with van der Waals surface area (Å²) in [6.07, 6.45) is 1.53. The molecule has 2 aromatic rings. The number of fused-ring (bicyclic) bond motifs is 1. The predicted octanol–water partition coefficient (Wildman–Crippen LogP) is 3.59. The van der Waals surface area contributed by atoms with Gasteiger partial charge in [-0.1, -0.05) is 48.5 Å². The van der Waals surface area contributed by atoms with E-state index in [1.54, 1.807) is 4.90 Å². The maximum Gasteiger partial charge on any atom is 0.227 e. The fraction of sp³-hybridized carbons (Fsp3) is 0.235. The van der Waals surface area contributed by atoms with Gasteiger partial charge in [0.25, 0.3) is 0 Å². The maximum absolute atomic E-state index is 11.4. The minimum absolute atomic E-state index is 0.220. The lowest BCUT2D eigenvalue weighted by molar-refractivity contribution is -0.118. The number of amides is 1. The molecule has 2 heteroatoms. The fourth-order valence-corrected chi connectivity index (χ4v) is 2.13. The number of carbonyl (C=O) groups excluding carboxylic acids is 1. The number of aryl methyl sites for hydroxylation is 2. The Labute approximate surface area is 114 Å². The van der Waals surface area contributed by atoms with Crippen LogP contribution in [-0.4, -0.2) is 13.0 Å². The zero-order chi connectivity index (χ0) is 13.7. The maximum atomic E-state index is 11.4. The molecule has 19 heavy (non-hydrogen) atoms. The smallest absolute Gasteiger partial charge is 0.227 e. The Morgan fingerprint density at radius 1 is 0.947 bits per heavy atom. The van der Waals surface area contributed by atoms with Crippen molar-refractivity contribution in [2.75, 3.05) is 11.9 Å². The standard InChI is InChI=1S/C11H13NO.C6H6/c1-8-3-4-9-5-6-11(13)12(2)10(9)7-8;1-2-4-6-5-3-1/h3-4,7H,5-6H2,1-2H3;1-6H. The zero-order valence-corrected chi connectivity index (χ0v) is 11.5. The molecular formula is C17H19NO. The van der Waals surface area contributed by atoms with Gasteiger partial charge in [0.15, 0.2) is 0 Å². The molecule has 0 spiro atoms. The molecular weight excluding hydrogens is 234 g/mol. The first kappa shape index (κ1) is 13.3. The number of carbonyl (C=O) groups is 1. The second-order valence-electron chi connectivity index (χ2n) is 4.74. The number of hydrogen-bond donors (Lipinski definition) is 0. The van der Waals surface area contributed by atoms with Gasteiger partial charge in [-0.3, -0.25) is 4.79 Å². The Morgan fingerprint density at radius 3 is 2.11 bits per heavy atom. The van der Waals surface area contributed by atoms with Crippen LogP contribution in [0.4, 0.5) is 5.69 Å². The van der Waals surface area contributed by atoms with E-state index in [4.69, 9.17) is 0 Å². The Morgan fingerprint density at radius 2 is 1.53 bits per heavy atom. The Kier molecular flexibility index (Phi) is 4.35. The van der Waals surface area contributed by atoms with E-state index in [1.807, 2.05) is 50.4 Å². The largest absolute Gasteiger partial charge is 0.315 e. The molecule has 0 unspecified atom stereocenters. The lowest BCUT2D eigenvalue weighted by Gasteiger charge is -2.25. The van der Waals surface area contributed by atoms with Crippen molar-refractivity contribution in [1.82, 2.24) is 0 Å². The Hall–Kier alpha value is -2.09. The van der Waals surface area contributed by atoms with E-state index in [0.29, 0.717) is 6.42 Å². The average molecular weight is 253 g/mol. The van der Waals surface area contributed by atoms with Crippen molar-refractivity contribution in [2.45, 2.75) is 19.8 Å². The summed E-state index contributed by atoms with van der Waals surface area (Å²) < 4.78 is 0. The lowest BCUT2D eigenvalue weighted by atomic mass is 10.00. The van der Waals surface area contributed by atoms with Crippen LogP contribution in [0.5, 0.6) is 0 Å². The van der Waals surface area contributed by atoms with Crippen molar-refractivity contribution in [1.29, 1.82) is 0 Å². The monoisotopic (exact) mass is 253 g/mol. The summed E-state index contributed by atoms with van der Waals surface area (Å²) >= 11 is 0. The molecule has 1 aliphatic heterocycles. The highest BCUT2D eigenvalue weighted by atomic mass is 16.2. The van der Waals surface area contributed by atoms with Crippen LogP contribution in [0.25, 0.3) is 0 Å². The molecule has 98 valence electrons. The van der Waals surface area contributed by atoms with Crippen LogP contribution in [0.15, 0.2) is 54.6 Å². The van der Waals surface area contributed by atoms with E-state index < -0.39 is 0 Å². The van der Waals surface area contributed by atoms with Crippen molar-refractivity contribution >= 4 is 11.6 Å². The summed E-state index contributed by atoms with van der Waals surface area (Å²) in [5.41, 5.74) is 3.57. The van der Waals surface area contributed by atoms with E-state index >= 15 is 0 Å². The molecule has 0 fully saturated rings. The predicted molar refractivity (Wildman–Crippen MR) is 79.4 cm³/mol. The van der Waals surface area contributed by atoms with Crippen LogP contribution in [0.1, 0.15) is 17.5 Å². The van der Waals surface area contributed by atoms with E-state index in [0.717, 1.165) is 12.1 Å². The molecule has 0 atom stereocenters. The summed E-state index contributed by atoms with van der Waals surface area (Å²) in [6, 6.07) is 18.3. The van der Waals surface area contributed by atoms with Crippen molar-refractivity contribution in [3.8, 4) is 0 Å². The molecule has 0 radical (unpaired) electrons. The first-order valence-corrected chi connectivity index (χ1v) is 6.54. The molecule has 2 aromatic carbocycles. The van der Waals surface area contributed by atoms with Crippen LogP contribution in [0, 0.1) is 6.92 Å². The number of benzene rings is 2. The SMILES string of the molecule is Cc1ccc2c(c1)N(C)C(=O)CC2.c1ccccc1. The van der Waals surface area contributed by atoms with Gasteiger partial charge in [-0.15, -0.1) is 0 Å². The highest BCUT2D eigenvalue weighted by Gasteiger charge is 2.19. The Bertz CT molecular complexity index is 522.